The van der Waals surface area contributed by atoms with Gasteiger partial charge in [0.05, 0.1) is 22.6 Å². The number of hydrogen-bond acceptors (Lipinski definition) is 7. The Morgan fingerprint density at radius 1 is 0.885 bits per heavy atom. The van der Waals surface area contributed by atoms with Crippen molar-refractivity contribution in [3.8, 4) is 5.75 Å². The van der Waals surface area contributed by atoms with Gasteiger partial charge >= 0.3 is 11.8 Å². The number of nitro groups is 2. The van der Waals surface area contributed by atoms with E-state index in [9.17, 15) is 29.8 Å². The standard InChI is InChI=1S/C15H12N4O7/c1-26-13-7-6-11(19(24)25)8-12(13)17-15(21)14(20)16-9-2-4-10(5-3-9)18(22)23/h2-8H,1H3,(H,16,20)(H,17,21). The van der Waals surface area contributed by atoms with E-state index in [0.717, 1.165) is 18.2 Å². The zero-order valence-electron chi connectivity index (χ0n) is 13.3. The van der Waals surface area contributed by atoms with Crippen LogP contribution in [0.2, 0.25) is 0 Å². The van der Waals surface area contributed by atoms with Crippen molar-refractivity contribution in [1.82, 2.24) is 0 Å². The molecule has 0 spiro atoms. The number of nitrogens with one attached hydrogen (secondary N) is 2. The van der Waals surface area contributed by atoms with Crippen LogP contribution in [0.5, 0.6) is 5.75 Å². The third kappa shape index (κ3) is 4.29. The molecule has 26 heavy (non-hydrogen) atoms. The summed E-state index contributed by atoms with van der Waals surface area (Å²) >= 11 is 0. The van der Waals surface area contributed by atoms with Crippen molar-refractivity contribution in [1.29, 1.82) is 0 Å². The highest BCUT2D eigenvalue weighted by molar-refractivity contribution is 6.43. The lowest BCUT2D eigenvalue weighted by Gasteiger charge is -2.10. The molecule has 2 aromatic carbocycles. The molecule has 2 N–H and O–H groups in total. The SMILES string of the molecule is COc1ccc([N+](=O)[O-])cc1NC(=O)C(=O)Nc1ccc([N+](=O)[O-])cc1. The molecule has 0 atom stereocenters. The molecule has 0 fully saturated rings. The molecule has 2 aromatic rings. The van der Waals surface area contributed by atoms with Crippen molar-refractivity contribution in [3.63, 3.8) is 0 Å². The van der Waals surface area contributed by atoms with Crippen molar-refractivity contribution >= 4 is 34.6 Å². The van der Waals surface area contributed by atoms with Crippen LogP contribution in [0.1, 0.15) is 0 Å². The highest BCUT2D eigenvalue weighted by Gasteiger charge is 2.19. The predicted molar refractivity (Wildman–Crippen MR) is 90.0 cm³/mol. The van der Waals surface area contributed by atoms with Crippen molar-refractivity contribution < 1.29 is 24.2 Å². The molecule has 11 heteroatoms. The first kappa shape index (κ1) is 18.3. The summed E-state index contributed by atoms with van der Waals surface area (Å²) < 4.78 is 4.98. The number of anilines is 2. The fraction of sp³-hybridized carbons (Fsp3) is 0.0667. The molecule has 0 saturated heterocycles. The number of methoxy groups -OCH3 is 1. The average molecular weight is 360 g/mol. The number of amides is 2. The third-order valence-corrected chi connectivity index (χ3v) is 3.18. The van der Waals surface area contributed by atoms with Crippen LogP contribution in [0.4, 0.5) is 22.7 Å². The van der Waals surface area contributed by atoms with Crippen LogP contribution in [0.25, 0.3) is 0 Å². The molecule has 2 rings (SSSR count). The van der Waals surface area contributed by atoms with Gasteiger partial charge in [-0.05, 0) is 18.2 Å². The quantitative estimate of drug-likeness (QED) is 0.470. The molecule has 0 bridgehead atoms. The molecule has 0 saturated carbocycles. The summed E-state index contributed by atoms with van der Waals surface area (Å²) in [6, 6.07) is 8.37. The first-order valence-electron chi connectivity index (χ1n) is 7.01. The largest absolute Gasteiger partial charge is 0.495 e. The molecule has 2 amide bonds. The Bertz CT molecular complexity index is 880. The minimum Gasteiger partial charge on any atom is -0.495 e. The Balaban J connectivity index is 2.11. The van der Waals surface area contributed by atoms with E-state index >= 15 is 0 Å². The topological polar surface area (TPSA) is 154 Å². The van der Waals surface area contributed by atoms with Gasteiger partial charge in [-0.25, -0.2) is 0 Å². The number of benzene rings is 2. The molecule has 0 radical (unpaired) electrons. The summed E-state index contributed by atoms with van der Waals surface area (Å²) in [6.45, 7) is 0. The molecule has 0 unspecified atom stereocenters. The van der Waals surface area contributed by atoms with Gasteiger partial charge in [0.2, 0.25) is 0 Å². The van der Waals surface area contributed by atoms with Gasteiger partial charge in [0.25, 0.3) is 11.4 Å². The summed E-state index contributed by atoms with van der Waals surface area (Å²) in [6.07, 6.45) is 0. The third-order valence-electron chi connectivity index (χ3n) is 3.18. The molecular weight excluding hydrogens is 348 g/mol. The molecule has 0 heterocycles. The Labute approximate surface area is 145 Å². The second-order valence-corrected chi connectivity index (χ2v) is 4.85. The number of ether oxygens (including phenoxy) is 1. The molecule has 0 aliphatic heterocycles. The molecule has 0 aromatic heterocycles. The van der Waals surface area contributed by atoms with Crippen molar-refractivity contribution in [3.05, 3.63) is 62.7 Å². The van der Waals surface area contributed by atoms with Crippen LogP contribution in [-0.4, -0.2) is 28.8 Å². The lowest BCUT2D eigenvalue weighted by Crippen LogP contribution is -2.29. The van der Waals surface area contributed by atoms with E-state index in [4.69, 9.17) is 4.74 Å². The Hall–Kier alpha value is -4.02. The van der Waals surface area contributed by atoms with Gasteiger partial charge in [-0.1, -0.05) is 0 Å². The van der Waals surface area contributed by atoms with Crippen LogP contribution >= 0.6 is 0 Å². The maximum absolute atomic E-state index is 12.0. The van der Waals surface area contributed by atoms with E-state index in [-0.39, 0.29) is 28.5 Å². The van der Waals surface area contributed by atoms with Crippen molar-refractivity contribution in [2.24, 2.45) is 0 Å². The minimum atomic E-state index is -1.10. The van der Waals surface area contributed by atoms with Crippen LogP contribution in [-0.2, 0) is 9.59 Å². The van der Waals surface area contributed by atoms with Crippen molar-refractivity contribution in [2.75, 3.05) is 17.7 Å². The molecule has 11 nitrogen and oxygen atoms in total. The summed E-state index contributed by atoms with van der Waals surface area (Å²) in [7, 11) is 1.30. The van der Waals surface area contributed by atoms with Gasteiger partial charge in [-0.3, -0.25) is 29.8 Å². The summed E-state index contributed by atoms with van der Waals surface area (Å²) in [5.74, 6) is -2.03. The number of non-ortho nitro benzene ring substituents is 2. The fourth-order valence-corrected chi connectivity index (χ4v) is 1.94. The summed E-state index contributed by atoms with van der Waals surface area (Å²) in [5.41, 5.74) is -0.349. The van der Waals surface area contributed by atoms with Gasteiger partial charge in [-0.15, -0.1) is 0 Å². The fourth-order valence-electron chi connectivity index (χ4n) is 1.94. The number of carbonyl (C=O) groups is 2. The molecular formula is C15H12N4O7. The molecule has 0 aliphatic rings. The Kier molecular flexibility index (Phi) is 5.43. The second kappa shape index (κ2) is 7.70. The Morgan fingerprint density at radius 3 is 1.96 bits per heavy atom. The van der Waals surface area contributed by atoms with Crippen LogP contribution < -0.4 is 15.4 Å². The van der Waals surface area contributed by atoms with E-state index in [1.807, 2.05) is 0 Å². The average Bonchev–Trinajstić information content (AvgIpc) is 2.61. The zero-order chi connectivity index (χ0) is 19.3. The van der Waals surface area contributed by atoms with Crippen LogP contribution in [0, 0.1) is 20.2 Å². The van der Waals surface area contributed by atoms with Crippen LogP contribution in [0.15, 0.2) is 42.5 Å². The van der Waals surface area contributed by atoms with Gasteiger partial charge in [0.1, 0.15) is 5.75 Å². The van der Waals surface area contributed by atoms with Gasteiger partial charge in [0.15, 0.2) is 0 Å². The molecule has 134 valence electrons. The smallest absolute Gasteiger partial charge is 0.314 e. The Morgan fingerprint density at radius 2 is 1.42 bits per heavy atom. The van der Waals surface area contributed by atoms with Gasteiger partial charge in [0, 0.05) is 30.0 Å². The number of hydrogen-bond donors (Lipinski definition) is 2. The number of carbonyl (C=O) groups excluding carboxylic acids is 2. The molecule has 0 aliphatic carbocycles. The van der Waals surface area contributed by atoms with Gasteiger partial charge < -0.3 is 15.4 Å². The lowest BCUT2D eigenvalue weighted by atomic mass is 10.2. The highest BCUT2D eigenvalue weighted by atomic mass is 16.6. The van der Waals surface area contributed by atoms with Gasteiger partial charge in [-0.2, -0.15) is 0 Å². The van der Waals surface area contributed by atoms with E-state index in [0.29, 0.717) is 0 Å². The van der Waals surface area contributed by atoms with Crippen LogP contribution in [0.3, 0.4) is 0 Å². The first-order valence-corrected chi connectivity index (χ1v) is 7.01. The van der Waals surface area contributed by atoms with E-state index < -0.39 is 21.7 Å². The van der Waals surface area contributed by atoms with E-state index in [2.05, 4.69) is 10.6 Å². The lowest BCUT2D eigenvalue weighted by molar-refractivity contribution is -0.385. The van der Waals surface area contributed by atoms with E-state index in [1.165, 1.54) is 31.4 Å². The predicted octanol–water partition coefficient (Wildman–Crippen LogP) is 2.09. The second-order valence-electron chi connectivity index (χ2n) is 4.85. The zero-order valence-corrected chi connectivity index (χ0v) is 13.3. The summed E-state index contributed by atoms with van der Waals surface area (Å²) in [5, 5.41) is 25.9. The highest BCUT2D eigenvalue weighted by Crippen LogP contribution is 2.28. The maximum Gasteiger partial charge on any atom is 0.314 e. The number of nitro benzene ring substituents is 2. The maximum atomic E-state index is 12.0. The van der Waals surface area contributed by atoms with Crippen molar-refractivity contribution in [2.45, 2.75) is 0 Å². The normalized spacial score (nSPS) is 9.88. The minimum absolute atomic E-state index is 0.0504. The van der Waals surface area contributed by atoms with E-state index in [1.54, 1.807) is 0 Å². The first-order chi connectivity index (χ1) is 12.3. The monoisotopic (exact) mass is 360 g/mol. The summed E-state index contributed by atoms with van der Waals surface area (Å²) in [4.78, 5) is 44.0. The number of rotatable bonds is 5. The number of nitrogens with zero attached hydrogens (tertiary/aromatic N) is 2.